The van der Waals surface area contributed by atoms with E-state index in [4.69, 9.17) is 0 Å². The van der Waals surface area contributed by atoms with Crippen molar-refractivity contribution >= 4 is 0 Å². The number of aromatic nitrogens is 1. The van der Waals surface area contributed by atoms with E-state index in [1.54, 1.807) is 0 Å². The van der Waals surface area contributed by atoms with E-state index < -0.39 is 0 Å². The van der Waals surface area contributed by atoms with Crippen LogP contribution in [0, 0.1) is 0 Å². The van der Waals surface area contributed by atoms with Gasteiger partial charge in [0, 0.05) is 19.3 Å². The largest absolute Gasteiger partial charge is 0.313 e. The molecule has 0 aliphatic carbocycles. The van der Waals surface area contributed by atoms with Crippen LogP contribution in [0.3, 0.4) is 0 Å². The molecule has 0 amide bonds. The molecular formula is C16H30N4. The second-order valence-corrected chi connectivity index (χ2v) is 5.46. The first kappa shape index (κ1) is 17.1. The highest BCUT2D eigenvalue weighted by atomic mass is 15.1. The first-order valence-electron chi connectivity index (χ1n) is 7.67. The van der Waals surface area contributed by atoms with Crippen LogP contribution in [0.4, 0.5) is 0 Å². The molecule has 1 N–H and O–H groups in total. The van der Waals surface area contributed by atoms with Crippen molar-refractivity contribution in [2.75, 3.05) is 40.3 Å². The second-order valence-electron chi connectivity index (χ2n) is 5.46. The van der Waals surface area contributed by atoms with Crippen molar-refractivity contribution in [1.29, 1.82) is 0 Å². The summed E-state index contributed by atoms with van der Waals surface area (Å²) in [6.45, 7) is 10.5. The third-order valence-electron chi connectivity index (χ3n) is 3.38. The smallest absolute Gasteiger partial charge is 0.0544 e. The van der Waals surface area contributed by atoms with Gasteiger partial charge in [0.1, 0.15) is 0 Å². The molecule has 0 bridgehead atoms. The van der Waals surface area contributed by atoms with Crippen LogP contribution in [0.1, 0.15) is 31.5 Å². The number of nitrogens with one attached hydrogen (secondary N) is 1. The van der Waals surface area contributed by atoms with Crippen molar-refractivity contribution in [2.24, 2.45) is 0 Å². The monoisotopic (exact) mass is 278 g/mol. The molecule has 1 aromatic heterocycles. The molecule has 0 saturated carbocycles. The predicted octanol–water partition coefficient (Wildman–Crippen LogP) is 1.96. The maximum atomic E-state index is 4.57. The van der Waals surface area contributed by atoms with Crippen LogP contribution in [0.2, 0.25) is 0 Å². The normalized spacial score (nSPS) is 11.5. The van der Waals surface area contributed by atoms with Gasteiger partial charge in [-0.05, 0) is 58.3 Å². The summed E-state index contributed by atoms with van der Waals surface area (Å²) >= 11 is 0. The average Bonchev–Trinajstić information content (AvgIpc) is 2.45. The maximum Gasteiger partial charge on any atom is 0.0544 e. The highest BCUT2D eigenvalue weighted by Crippen LogP contribution is 2.05. The third-order valence-corrected chi connectivity index (χ3v) is 3.38. The lowest BCUT2D eigenvalue weighted by atomic mass is 10.2. The Hall–Kier alpha value is -0.970. The quantitative estimate of drug-likeness (QED) is 0.709. The van der Waals surface area contributed by atoms with Gasteiger partial charge in [-0.25, -0.2) is 0 Å². The van der Waals surface area contributed by atoms with Gasteiger partial charge in [0.2, 0.25) is 0 Å². The molecule has 114 valence electrons. The van der Waals surface area contributed by atoms with Crippen LogP contribution in [-0.2, 0) is 13.1 Å². The fourth-order valence-electron chi connectivity index (χ4n) is 2.11. The molecule has 0 fully saturated rings. The Morgan fingerprint density at radius 1 is 1.15 bits per heavy atom. The van der Waals surface area contributed by atoms with Crippen LogP contribution in [0.15, 0.2) is 18.3 Å². The zero-order chi connectivity index (χ0) is 14.8. The second kappa shape index (κ2) is 9.86. The van der Waals surface area contributed by atoms with Crippen molar-refractivity contribution in [3.63, 3.8) is 0 Å². The van der Waals surface area contributed by atoms with E-state index in [9.17, 15) is 0 Å². The molecule has 0 aromatic carbocycles. The summed E-state index contributed by atoms with van der Waals surface area (Å²) in [6, 6.07) is 4.33. The van der Waals surface area contributed by atoms with Gasteiger partial charge in [0.05, 0.1) is 5.69 Å². The van der Waals surface area contributed by atoms with Gasteiger partial charge >= 0.3 is 0 Å². The van der Waals surface area contributed by atoms with Gasteiger partial charge < -0.3 is 10.2 Å². The molecule has 1 heterocycles. The zero-order valence-corrected chi connectivity index (χ0v) is 13.5. The number of rotatable bonds is 10. The van der Waals surface area contributed by atoms with Gasteiger partial charge in [0.15, 0.2) is 0 Å². The number of hydrogen-bond donors (Lipinski definition) is 1. The van der Waals surface area contributed by atoms with Crippen molar-refractivity contribution in [3.8, 4) is 0 Å². The Kier molecular flexibility index (Phi) is 8.42. The van der Waals surface area contributed by atoms with E-state index >= 15 is 0 Å². The molecule has 0 spiro atoms. The molecular weight excluding hydrogens is 248 g/mol. The van der Waals surface area contributed by atoms with Crippen LogP contribution >= 0.6 is 0 Å². The molecule has 0 saturated heterocycles. The van der Waals surface area contributed by atoms with E-state index in [1.807, 2.05) is 6.20 Å². The van der Waals surface area contributed by atoms with E-state index in [0.29, 0.717) is 0 Å². The molecule has 4 nitrogen and oxygen atoms in total. The van der Waals surface area contributed by atoms with Gasteiger partial charge in [-0.1, -0.05) is 19.9 Å². The number of hydrogen-bond acceptors (Lipinski definition) is 4. The molecule has 0 aliphatic heterocycles. The van der Waals surface area contributed by atoms with Gasteiger partial charge in [-0.2, -0.15) is 0 Å². The van der Waals surface area contributed by atoms with Crippen molar-refractivity contribution in [2.45, 2.75) is 33.4 Å². The molecule has 1 rings (SSSR count). The van der Waals surface area contributed by atoms with E-state index in [-0.39, 0.29) is 0 Å². The lowest BCUT2D eigenvalue weighted by Gasteiger charge is -2.21. The van der Waals surface area contributed by atoms with Gasteiger partial charge in [0.25, 0.3) is 0 Å². The van der Waals surface area contributed by atoms with Crippen molar-refractivity contribution in [3.05, 3.63) is 29.6 Å². The summed E-state index contributed by atoms with van der Waals surface area (Å²) in [5, 5.41) is 3.32. The Morgan fingerprint density at radius 3 is 2.50 bits per heavy atom. The Balaban J connectivity index is 2.40. The van der Waals surface area contributed by atoms with Crippen molar-refractivity contribution in [1.82, 2.24) is 20.1 Å². The molecule has 0 unspecified atom stereocenters. The van der Waals surface area contributed by atoms with Crippen LogP contribution in [0.25, 0.3) is 0 Å². The van der Waals surface area contributed by atoms with Gasteiger partial charge in [-0.15, -0.1) is 0 Å². The van der Waals surface area contributed by atoms with Gasteiger partial charge in [-0.3, -0.25) is 9.88 Å². The molecule has 20 heavy (non-hydrogen) atoms. The van der Waals surface area contributed by atoms with Crippen molar-refractivity contribution < 1.29 is 0 Å². The SMILES string of the molecule is CCNCc1ccc(CN(CC)CCCN(C)C)nc1. The van der Waals surface area contributed by atoms with E-state index in [1.165, 1.54) is 12.0 Å². The highest BCUT2D eigenvalue weighted by molar-refractivity contribution is 5.13. The average molecular weight is 278 g/mol. The predicted molar refractivity (Wildman–Crippen MR) is 85.7 cm³/mol. The standard InChI is InChI=1S/C16H30N4/c1-5-17-12-15-8-9-16(18-13-15)14-20(6-2)11-7-10-19(3)4/h8-9,13,17H,5-7,10-12,14H2,1-4H3. The molecule has 0 aliphatic rings. The van der Waals surface area contributed by atoms with Crippen LogP contribution in [-0.4, -0.2) is 55.1 Å². The lowest BCUT2D eigenvalue weighted by Crippen LogP contribution is -2.27. The number of nitrogens with zero attached hydrogens (tertiary/aromatic N) is 3. The summed E-state index contributed by atoms with van der Waals surface area (Å²) < 4.78 is 0. The van der Waals surface area contributed by atoms with Crippen LogP contribution in [0.5, 0.6) is 0 Å². The lowest BCUT2D eigenvalue weighted by molar-refractivity contribution is 0.256. The summed E-state index contributed by atoms with van der Waals surface area (Å²) in [5.41, 5.74) is 2.42. The highest BCUT2D eigenvalue weighted by Gasteiger charge is 2.05. The summed E-state index contributed by atoms with van der Waals surface area (Å²) in [5.74, 6) is 0. The number of pyridine rings is 1. The molecule has 4 heteroatoms. The van der Waals surface area contributed by atoms with E-state index in [0.717, 1.165) is 45.0 Å². The summed E-state index contributed by atoms with van der Waals surface area (Å²) in [7, 11) is 4.25. The summed E-state index contributed by atoms with van der Waals surface area (Å²) in [4.78, 5) is 9.26. The first-order chi connectivity index (χ1) is 9.65. The summed E-state index contributed by atoms with van der Waals surface area (Å²) in [6.07, 6.45) is 3.20. The van der Waals surface area contributed by atoms with Crippen LogP contribution < -0.4 is 5.32 Å². The Bertz CT molecular complexity index is 348. The molecule has 1 aromatic rings. The van der Waals surface area contributed by atoms with E-state index in [2.05, 4.69) is 60.2 Å². The fourth-order valence-corrected chi connectivity index (χ4v) is 2.11. The maximum absolute atomic E-state index is 4.57. The fraction of sp³-hybridized carbons (Fsp3) is 0.688. The third kappa shape index (κ3) is 6.98. The Morgan fingerprint density at radius 2 is 1.95 bits per heavy atom. The topological polar surface area (TPSA) is 31.4 Å². The minimum Gasteiger partial charge on any atom is -0.313 e. The molecule has 0 atom stereocenters. The Labute approximate surface area is 124 Å². The molecule has 0 radical (unpaired) electrons. The minimum absolute atomic E-state index is 0.907. The zero-order valence-electron chi connectivity index (χ0n) is 13.5. The first-order valence-corrected chi connectivity index (χ1v) is 7.67. The minimum atomic E-state index is 0.907.